The minimum absolute atomic E-state index is 0.853. The minimum atomic E-state index is 0.853. The largest absolute Gasteiger partial charge is 0.337 e. The van der Waals surface area contributed by atoms with Gasteiger partial charge in [0.1, 0.15) is 0 Å². The Balaban J connectivity index is 1.83. The second-order valence-electron chi connectivity index (χ2n) is 4.27. The summed E-state index contributed by atoms with van der Waals surface area (Å²) >= 11 is 0. The lowest BCUT2D eigenvalue weighted by Crippen LogP contribution is -2.14. The molecule has 1 heterocycles. The number of aromatic nitrogens is 2. The second-order valence-corrected chi connectivity index (χ2v) is 4.27. The predicted octanol–water partition coefficient (Wildman–Crippen LogP) is 2.27. The van der Waals surface area contributed by atoms with Crippen LogP contribution in [0.4, 0.5) is 0 Å². The van der Waals surface area contributed by atoms with Gasteiger partial charge in [0.15, 0.2) is 0 Å². The van der Waals surface area contributed by atoms with Crippen molar-refractivity contribution in [1.29, 1.82) is 0 Å². The quantitative estimate of drug-likeness (QED) is 0.852. The average Bonchev–Trinajstić information content (AvgIpc) is 2.76. The molecule has 0 amide bonds. The van der Waals surface area contributed by atoms with Gasteiger partial charge in [-0.05, 0) is 17.5 Å². The van der Waals surface area contributed by atoms with Crippen LogP contribution >= 0.6 is 0 Å². The van der Waals surface area contributed by atoms with Crippen LogP contribution in [0.3, 0.4) is 0 Å². The fraction of sp³-hybridized carbons (Fsp3) is 0.357. The first-order valence-corrected chi connectivity index (χ1v) is 6.03. The Morgan fingerprint density at radius 3 is 2.41 bits per heavy atom. The van der Waals surface area contributed by atoms with Crippen LogP contribution in [0.1, 0.15) is 23.7 Å². The molecule has 0 aliphatic carbocycles. The maximum absolute atomic E-state index is 4.09. The van der Waals surface area contributed by atoms with Crippen molar-refractivity contribution in [2.24, 2.45) is 7.05 Å². The SMILES string of the molecule is CCc1ccc(CNCc2cncn2C)cc1. The summed E-state index contributed by atoms with van der Waals surface area (Å²) in [5.41, 5.74) is 3.92. The van der Waals surface area contributed by atoms with Gasteiger partial charge in [-0.1, -0.05) is 31.2 Å². The maximum atomic E-state index is 4.09. The lowest BCUT2D eigenvalue weighted by molar-refractivity contribution is 0.655. The van der Waals surface area contributed by atoms with Crippen molar-refractivity contribution in [2.75, 3.05) is 0 Å². The maximum Gasteiger partial charge on any atom is 0.0945 e. The monoisotopic (exact) mass is 229 g/mol. The van der Waals surface area contributed by atoms with Crippen LogP contribution in [0.2, 0.25) is 0 Å². The van der Waals surface area contributed by atoms with E-state index in [2.05, 4.69) is 41.5 Å². The van der Waals surface area contributed by atoms with Gasteiger partial charge in [0, 0.05) is 26.3 Å². The molecule has 2 rings (SSSR count). The van der Waals surface area contributed by atoms with E-state index in [1.165, 1.54) is 16.8 Å². The Bertz CT molecular complexity index is 457. The molecule has 3 nitrogen and oxygen atoms in total. The van der Waals surface area contributed by atoms with E-state index in [0.717, 1.165) is 19.5 Å². The third-order valence-corrected chi connectivity index (χ3v) is 2.98. The minimum Gasteiger partial charge on any atom is -0.337 e. The number of nitrogens with one attached hydrogen (secondary N) is 1. The van der Waals surface area contributed by atoms with E-state index in [1.807, 2.05) is 24.1 Å². The van der Waals surface area contributed by atoms with Crippen molar-refractivity contribution >= 4 is 0 Å². The van der Waals surface area contributed by atoms with E-state index in [-0.39, 0.29) is 0 Å². The molecule has 1 aromatic heterocycles. The second kappa shape index (κ2) is 5.64. The summed E-state index contributed by atoms with van der Waals surface area (Å²) in [7, 11) is 2.01. The summed E-state index contributed by atoms with van der Waals surface area (Å²) in [6, 6.07) is 8.77. The number of benzene rings is 1. The highest BCUT2D eigenvalue weighted by Gasteiger charge is 1.98. The molecule has 0 unspecified atom stereocenters. The third kappa shape index (κ3) is 3.17. The fourth-order valence-electron chi connectivity index (χ4n) is 1.78. The fourth-order valence-corrected chi connectivity index (χ4v) is 1.78. The van der Waals surface area contributed by atoms with E-state index < -0.39 is 0 Å². The highest BCUT2D eigenvalue weighted by Crippen LogP contribution is 2.05. The van der Waals surface area contributed by atoms with Crippen molar-refractivity contribution in [3.63, 3.8) is 0 Å². The van der Waals surface area contributed by atoms with Crippen LogP contribution in [0.15, 0.2) is 36.8 Å². The first-order valence-electron chi connectivity index (χ1n) is 6.03. The normalized spacial score (nSPS) is 10.7. The summed E-state index contributed by atoms with van der Waals surface area (Å²) < 4.78 is 2.03. The zero-order chi connectivity index (χ0) is 12.1. The van der Waals surface area contributed by atoms with E-state index in [1.54, 1.807) is 0 Å². The number of hydrogen-bond donors (Lipinski definition) is 1. The van der Waals surface area contributed by atoms with E-state index >= 15 is 0 Å². The first kappa shape index (κ1) is 11.9. The lowest BCUT2D eigenvalue weighted by Gasteiger charge is -2.06. The van der Waals surface area contributed by atoms with Gasteiger partial charge in [-0.2, -0.15) is 0 Å². The van der Waals surface area contributed by atoms with Crippen LogP contribution in [0, 0.1) is 0 Å². The molecule has 0 saturated heterocycles. The van der Waals surface area contributed by atoms with Crippen molar-refractivity contribution in [3.05, 3.63) is 53.6 Å². The molecule has 3 heteroatoms. The van der Waals surface area contributed by atoms with Gasteiger partial charge in [-0.25, -0.2) is 4.98 Å². The molecule has 0 bridgehead atoms. The zero-order valence-electron chi connectivity index (χ0n) is 10.5. The van der Waals surface area contributed by atoms with Crippen molar-refractivity contribution in [2.45, 2.75) is 26.4 Å². The lowest BCUT2D eigenvalue weighted by atomic mass is 10.1. The highest BCUT2D eigenvalue weighted by molar-refractivity contribution is 5.22. The third-order valence-electron chi connectivity index (χ3n) is 2.98. The van der Waals surface area contributed by atoms with Gasteiger partial charge >= 0.3 is 0 Å². The molecule has 1 aromatic carbocycles. The van der Waals surface area contributed by atoms with Crippen LogP contribution in [0.25, 0.3) is 0 Å². The average molecular weight is 229 g/mol. The Hall–Kier alpha value is -1.61. The Morgan fingerprint density at radius 1 is 1.12 bits per heavy atom. The van der Waals surface area contributed by atoms with Crippen LogP contribution in [0.5, 0.6) is 0 Å². The molecule has 0 spiro atoms. The zero-order valence-corrected chi connectivity index (χ0v) is 10.5. The van der Waals surface area contributed by atoms with Crippen molar-refractivity contribution in [1.82, 2.24) is 14.9 Å². The molecule has 0 aliphatic heterocycles. The van der Waals surface area contributed by atoms with Crippen molar-refractivity contribution < 1.29 is 0 Å². The van der Waals surface area contributed by atoms with E-state index in [9.17, 15) is 0 Å². The van der Waals surface area contributed by atoms with Gasteiger partial charge in [0.05, 0.1) is 12.0 Å². The van der Waals surface area contributed by atoms with Crippen LogP contribution in [-0.2, 0) is 26.6 Å². The summed E-state index contributed by atoms with van der Waals surface area (Å²) in [4.78, 5) is 4.09. The first-order chi connectivity index (χ1) is 8.29. The molecule has 17 heavy (non-hydrogen) atoms. The smallest absolute Gasteiger partial charge is 0.0945 e. The number of rotatable bonds is 5. The molecule has 0 aliphatic rings. The molecular weight excluding hydrogens is 210 g/mol. The number of nitrogens with zero attached hydrogens (tertiary/aromatic N) is 2. The molecule has 2 aromatic rings. The van der Waals surface area contributed by atoms with Crippen molar-refractivity contribution in [3.8, 4) is 0 Å². The van der Waals surface area contributed by atoms with Gasteiger partial charge < -0.3 is 9.88 Å². The molecule has 0 fully saturated rings. The number of imidazole rings is 1. The van der Waals surface area contributed by atoms with E-state index in [0.29, 0.717) is 0 Å². The topological polar surface area (TPSA) is 29.9 Å². The van der Waals surface area contributed by atoms with Gasteiger partial charge in [-0.15, -0.1) is 0 Å². The standard InChI is InChI=1S/C14H19N3/c1-3-12-4-6-13(7-5-12)8-15-9-14-10-16-11-17(14)2/h4-7,10-11,15H,3,8-9H2,1-2H3. The summed E-state index contributed by atoms with van der Waals surface area (Å²) in [5, 5.41) is 3.42. The summed E-state index contributed by atoms with van der Waals surface area (Å²) in [6.45, 7) is 3.93. The highest BCUT2D eigenvalue weighted by atomic mass is 15.0. The van der Waals surface area contributed by atoms with Crippen LogP contribution < -0.4 is 5.32 Å². The van der Waals surface area contributed by atoms with Crippen LogP contribution in [-0.4, -0.2) is 9.55 Å². The van der Waals surface area contributed by atoms with Gasteiger partial charge in [-0.3, -0.25) is 0 Å². The molecule has 0 radical (unpaired) electrons. The Kier molecular flexibility index (Phi) is 3.94. The molecule has 90 valence electrons. The predicted molar refractivity (Wildman–Crippen MR) is 69.6 cm³/mol. The molecule has 0 atom stereocenters. The molecule has 0 saturated carbocycles. The summed E-state index contributed by atoms with van der Waals surface area (Å²) in [5.74, 6) is 0. The van der Waals surface area contributed by atoms with Gasteiger partial charge in [0.25, 0.3) is 0 Å². The summed E-state index contributed by atoms with van der Waals surface area (Å²) in [6.07, 6.45) is 4.82. The molecule has 1 N–H and O–H groups in total. The number of hydrogen-bond acceptors (Lipinski definition) is 2. The number of aryl methyl sites for hydroxylation is 2. The Labute approximate surface area is 103 Å². The van der Waals surface area contributed by atoms with Gasteiger partial charge in [0.2, 0.25) is 0 Å². The Morgan fingerprint density at radius 2 is 1.82 bits per heavy atom. The van der Waals surface area contributed by atoms with E-state index in [4.69, 9.17) is 0 Å². The molecular formula is C14H19N3.